The molecule has 1 atom stereocenters. The van der Waals surface area contributed by atoms with Crippen LogP contribution >= 0.6 is 11.3 Å². The zero-order chi connectivity index (χ0) is 19.9. The molecule has 0 aliphatic carbocycles. The number of amides is 1. The first kappa shape index (κ1) is 19.0. The molecular weight excluding hydrogens is 384 g/mol. The quantitative estimate of drug-likeness (QED) is 0.724. The van der Waals surface area contributed by atoms with Crippen molar-refractivity contribution in [3.8, 4) is 0 Å². The SMILES string of the molecule is Cc1nc2sccn2c1C(=O)N1CCC[C@@](CO)(Cc2ccc(F)cc2F)C1. The van der Waals surface area contributed by atoms with Crippen molar-refractivity contribution in [2.24, 2.45) is 5.41 Å². The van der Waals surface area contributed by atoms with Crippen LogP contribution in [0.3, 0.4) is 0 Å². The van der Waals surface area contributed by atoms with Crippen LogP contribution in [-0.4, -0.2) is 45.0 Å². The summed E-state index contributed by atoms with van der Waals surface area (Å²) in [5.74, 6) is -1.39. The molecule has 0 saturated carbocycles. The maximum atomic E-state index is 14.2. The number of nitrogens with zero attached hydrogens (tertiary/aromatic N) is 3. The van der Waals surface area contributed by atoms with Crippen molar-refractivity contribution in [2.45, 2.75) is 26.2 Å². The standard InChI is InChI=1S/C20H21F2N3O2S/c1-13-17(25-7-8-28-19(25)23-13)18(27)24-6-2-5-20(11-24,12-26)10-14-3-4-15(21)9-16(14)22/h3-4,7-9,26H,2,5-6,10-12H2,1H3/t20-/m1/s1. The molecule has 5 nitrogen and oxygen atoms in total. The van der Waals surface area contributed by atoms with Crippen LogP contribution in [0, 0.1) is 24.0 Å². The number of aliphatic hydroxyl groups is 1. The van der Waals surface area contributed by atoms with E-state index in [0.29, 0.717) is 42.9 Å². The number of imidazole rings is 1. The molecule has 1 aliphatic heterocycles. The van der Waals surface area contributed by atoms with Crippen LogP contribution in [0.25, 0.3) is 4.96 Å². The molecule has 2 aromatic heterocycles. The van der Waals surface area contributed by atoms with E-state index in [0.717, 1.165) is 11.0 Å². The molecular formula is C20H21F2N3O2S. The number of aliphatic hydroxyl groups excluding tert-OH is 1. The van der Waals surface area contributed by atoms with E-state index in [4.69, 9.17) is 0 Å². The summed E-state index contributed by atoms with van der Waals surface area (Å²) >= 11 is 1.46. The van der Waals surface area contributed by atoms with E-state index in [9.17, 15) is 18.7 Å². The summed E-state index contributed by atoms with van der Waals surface area (Å²) in [5, 5.41) is 12.0. The van der Waals surface area contributed by atoms with E-state index in [1.165, 1.54) is 23.5 Å². The molecule has 1 saturated heterocycles. The molecule has 3 heterocycles. The van der Waals surface area contributed by atoms with Gasteiger partial charge in [0, 0.05) is 36.1 Å². The highest BCUT2D eigenvalue weighted by atomic mass is 32.1. The normalized spacial score (nSPS) is 20.1. The van der Waals surface area contributed by atoms with Crippen LogP contribution in [0.2, 0.25) is 0 Å². The first-order valence-corrected chi connectivity index (χ1v) is 10.1. The highest BCUT2D eigenvalue weighted by molar-refractivity contribution is 7.15. The van der Waals surface area contributed by atoms with Crippen LogP contribution in [0.1, 0.15) is 34.6 Å². The second kappa shape index (κ2) is 7.25. The van der Waals surface area contributed by atoms with Crippen molar-refractivity contribution >= 4 is 22.2 Å². The van der Waals surface area contributed by atoms with E-state index >= 15 is 0 Å². The zero-order valence-electron chi connectivity index (χ0n) is 15.5. The van der Waals surface area contributed by atoms with Gasteiger partial charge in [-0.3, -0.25) is 9.20 Å². The minimum Gasteiger partial charge on any atom is -0.396 e. The molecule has 0 spiro atoms. The van der Waals surface area contributed by atoms with Crippen molar-refractivity contribution < 1.29 is 18.7 Å². The molecule has 1 aromatic carbocycles. The Morgan fingerprint density at radius 3 is 2.96 bits per heavy atom. The van der Waals surface area contributed by atoms with Gasteiger partial charge in [0.1, 0.15) is 17.3 Å². The van der Waals surface area contributed by atoms with Crippen LogP contribution in [0.4, 0.5) is 8.78 Å². The summed E-state index contributed by atoms with van der Waals surface area (Å²) in [7, 11) is 0. The van der Waals surface area contributed by atoms with Crippen LogP contribution in [0.5, 0.6) is 0 Å². The van der Waals surface area contributed by atoms with Gasteiger partial charge in [-0.25, -0.2) is 13.8 Å². The monoisotopic (exact) mass is 405 g/mol. The summed E-state index contributed by atoms with van der Waals surface area (Å²) < 4.78 is 29.2. The summed E-state index contributed by atoms with van der Waals surface area (Å²) in [6.45, 7) is 2.52. The number of halogens is 2. The highest BCUT2D eigenvalue weighted by Gasteiger charge is 2.38. The maximum Gasteiger partial charge on any atom is 0.272 e. The molecule has 0 bridgehead atoms. The lowest BCUT2D eigenvalue weighted by atomic mass is 9.75. The summed E-state index contributed by atoms with van der Waals surface area (Å²) in [6.07, 6.45) is 3.45. The lowest BCUT2D eigenvalue weighted by Gasteiger charge is -2.42. The molecule has 3 aromatic rings. The van der Waals surface area contributed by atoms with Crippen molar-refractivity contribution in [3.05, 3.63) is 58.4 Å². The number of aryl methyl sites for hydroxylation is 1. The van der Waals surface area contributed by atoms with Gasteiger partial charge < -0.3 is 10.0 Å². The lowest BCUT2D eigenvalue weighted by Crippen LogP contribution is -2.49. The Balaban J connectivity index is 1.61. The minimum absolute atomic E-state index is 0.138. The molecule has 1 amide bonds. The Morgan fingerprint density at radius 2 is 2.21 bits per heavy atom. The average molecular weight is 405 g/mol. The lowest BCUT2D eigenvalue weighted by molar-refractivity contribution is 0.0263. The molecule has 1 N–H and O–H groups in total. The predicted octanol–water partition coefficient (Wildman–Crippen LogP) is 3.44. The third-order valence-electron chi connectivity index (χ3n) is 5.50. The van der Waals surface area contributed by atoms with Crippen LogP contribution in [0.15, 0.2) is 29.8 Å². The summed E-state index contributed by atoms with van der Waals surface area (Å²) in [6, 6.07) is 3.49. The largest absolute Gasteiger partial charge is 0.396 e. The Kier molecular flexibility index (Phi) is 4.93. The third kappa shape index (κ3) is 3.31. The number of fused-ring (bicyclic) bond motifs is 1. The number of likely N-dealkylation sites (tertiary alicyclic amines) is 1. The fourth-order valence-corrected chi connectivity index (χ4v) is 4.84. The third-order valence-corrected chi connectivity index (χ3v) is 6.26. The number of rotatable bonds is 4. The van der Waals surface area contributed by atoms with E-state index in [-0.39, 0.29) is 18.9 Å². The first-order chi connectivity index (χ1) is 13.4. The van der Waals surface area contributed by atoms with Gasteiger partial charge in [0.25, 0.3) is 5.91 Å². The number of thiazole rings is 1. The number of carbonyl (C=O) groups excluding carboxylic acids is 1. The predicted molar refractivity (Wildman–Crippen MR) is 103 cm³/mol. The van der Waals surface area contributed by atoms with Gasteiger partial charge >= 0.3 is 0 Å². The van der Waals surface area contributed by atoms with Crippen molar-refractivity contribution in [3.63, 3.8) is 0 Å². The Labute approximate surface area is 165 Å². The topological polar surface area (TPSA) is 57.8 Å². The number of hydrogen-bond donors (Lipinski definition) is 1. The van der Waals surface area contributed by atoms with Gasteiger partial charge in [0.2, 0.25) is 0 Å². The number of carbonyl (C=O) groups is 1. The van der Waals surface area contributed by atoms with Gasteiger partial charge in [-0.15, -0.1) is 11.3 Å². The zero-order valence-corrected chi connectivity index (χ0v) is 16.3. The van der Waals surface area contributed by atoms with Gasteiger partial charge in [-0.05, 0) is 37.8 Å². The number of piperidine rings is 1. The summed E-state index contributed by atoms with van der Waals surface area (Å²) in [4.78, 5) is 20.1. The number of benzene rings is 1. The second-order valence-electron chi connectivity index (χ2n) is 7.50. The highest BCUT2D eigenvalue weighted by Crippen LogP contribution is 2.35. The van der Waals surface area contributed by atoms with E-state index < -0.39 is 17.0 Å². The molecule has 28 heavy (non-hydrogen) atoms. The van der Waals surface area contributed by atoms with E-state index in [1.807, 2.05) is 18.5 Å². The first-order valence-electron chi connectivity index (χ1n) is 9.19. The van der Waals surface area contributed by atoms with Gasteiger partial charge in [-0.1, -0.05) is 6.07 Å². The van der Waals surface area contributed by atoms with Crippen LogP contribution in [-0.2, 0) is 6.42 Å². The molecule has 148 valence electrons. The van der Waals surface area contributed by atoms with E-state index in [1.54, 1.807) is 9.30 Å². The van der Waals surface area contributed by atoms with Crippen molar-refractivity contribution in [2.75, 3.05) is 19.7 Å². The van der Waals surface area contributed by atoms with Crippen molar-refractivity contribution in [1.82, 2.24) is 14.3 Å². The van der Waals surface area contributed by atoms with Gasteiger partial charge in [0.05, 0.1) is 12.3 Å². The van der Waals surface area contributed by atoms with Crippen LogP contribution < -0.4 is 0 Å². The Morgan fingerprint density at radius 1 is 1.39 bits per heavy atom. The van der Waals surface area contributed by atoms with Crippen molar-refractivity contribution in [1.29, 1.82) is 0 Å². The fraction of sp³-hybridized carbons (Fsp3) is 0.400. The van der Waals surface area contributed by atoms with E-state index in [2.05, 4.69) is 4.98 Å². The summed E-state index contributed by atoms with van der Waals surface area (Å²) in [5.41, 5.74) is 0.893. The molecule has 8 heteroatoms. The average Bonchev–Trinajstić information content (AvgIpc) is 3.24. The number of aromatic nitrogens is 2. The molecule has 0 radical (unpaired) electrons. The Hall–Kier alpha value is -2.32. The minimum atomic E-state index is -0.654. The van der Waals surface area contributed by atoms with Gasteiger partial charge in [-0.2, -0.15) is 0 Å². The maximum absolute atomic E-state index is 14.2. The smallest absolute Gasteiger partial charge is 0.272 e. The molecule has 0 unspecified atom stereocenters. The number of hydrogen-bond acceptors (Lipinski definition) is 4. The fourth-order valence-electron chi connectivity index (χ4n) is 4.08. The molecule has 1 fully saturated rings. The molecule has 1 aliphatic rings. The second-order valence-corrected chi connectivity index (χ2v) is 8.38. The Bertz CT molecular complexity index is 1030. The van der Waals surface area contributed by atoms with Gasteiger partial charge in [0.15, 0.2) is 4.96 Å². The molecule has 4 rings (SSSR count).